The Labute approximate surface area is 102 Å². The smallest absolute Gasteiger partial charge is 0.0224 e. The van der Waals surface area contributed by atoms with Gasteiger partial charge in [0.2, 0.25) is 0 Å². The minimum atomic E-state index is 0.723. The maximum Gasteiger partial charge on any atom is 0.0224 e. The molecular formula is C14H30N2. The average molecular weight is 226 g/mol. The van der Waals surface area contributed by atoms with Crippen LogP contribution in [0.15, 0.2) is 0 Å². The van der Waals surface area contributed by atoms with E-state index < -0.39 is 0 Å². The number of unbranched alkanes of at least 4 members (excludes halogenated alkanes) is 1. The zero-order chi connectivity index (χ0) is 12.0. The topological polar surface area (TPSA) is 15.3 Å². The molecule has 0 bridgehead atoms. The van der Waals surface area contributed by atoms with Gasteiger partial charge in [0, 0.05) is 24.7 Å². The van der Waals surface area contributed by atoms with Crippen molar-refractivity contribution in [2.75, 3.05) is 13.1 Å². The molecule has 0 radical (unpaired) electrons. The van der Waals surface area contributed by atoms with Crippen LogP contribution in [0.25, 0.3) is 0 Å². The maximum absolute atomic E-state index is 3.63. The molecule has 0 amide bonds. The van der Waals surface area contributed by atoms with E-state index in [1.807, 2.05) is 0 Å². The molecule has 1 fully saturated rings. The Hall–Kier alpha value is -0.0800. The number of hydrogen-bond acceptors (Lipinski definition) is 2. The molecule has 1 heterocycles. The molecule has 2 nitrogen and oxygen atoms in total. The van der Waals surface area contributed by atoms with Gasteiger partial charge in [-0.05, 0) is 46.1 Å². The van der Waals surface area contributed by atoms with Crippen LogP contribution in [0.3, 0.4) is 0 Å². The van der Waals surface area contributed by atoms with Crippen molar-refractivity contribution < 1.29 is 0 Å². The molecule has 1 aliphatic rings. The van der Waals surface area contributed by atoms with Gasteiger partial charge in [-0.15, -0.1) is 0 Å². The van der Waals surface area contributed by atoms with Crippen molar-refractivity contribution in [2.24, 2.45) is 0 Å². The van der Waals surface area contributed by atoms with E-state index in [9.17, 15) is 0 Å². The Morgan fingerprint density at radius 2 is 2.06 bits per heavy atom. The molecule has 3 unspecified atom stereocenters. The highest BCUT2D eigenvalue weighted by Gasteiger charge is 2.25. The summed E-state index contributed by atoms with van der Waals surface area (Å²) in [4.78, 5) is 2.74. The molecular weight excluding hydrogens is 196 g/mol. The van der Waals surface area contributed by atoms with Crippen molar-refractivity contribution in [1.29, 1.82) is 0 Å². The van der Waals surface area contributed by atoms with Crippen molar-refractivity contribution in [2.45, 2.75) is 77.9 Å². The zero-order valence-electron chi connectivity index (χ0n) is 11.6. The first-order valence-corrected chi connectivity index (χ1v) is 7.18. The van der Waals surface area contributed by atoms with E-state index in [0.29, 0.717) is 0 Å². The van der Waals surface area contributed by atoms with Crippen LogP contribution in [0, 0.1) is 0 Å². The summed E-state index contributed by atoms with van der Waals surface area (Å²) in [6.45, 7) is 11.8. The molecule has 96 valence electrons. The second kappa shape index (κ2) is 7.29. The monoisotopic (exact) mass is 226 g/mol. The lowest BCUT2D eigenvalue weighted by atomic mass is 9.98. The molecule has 0 aromatic carbocycles. The van der Waals surface area contributed by atoms with Crippen molar-refractivity contribution in [1.82, 2.24) is 10.2 Å². The highest BCUT2D eigenvalue weighted by Crippen LogP contribution is 2.18. The van der Waals surface area contributed by atoms with Crippen molar-refractivity contribution in [3.8, 4) is 0 Å². The summed E-state index contributed by atoms with van der Waals surface area (Å²) in [5, 5.41) is 3.63. The van der Waals surface area contributed by atoms with E-state index in [1.54, 1.807) is 0 Å². The molecule has 0 saturated carbocycles. The summed E-state index contributed by atoms with van der Waals surface area (Å²) in [6, 6.07) is 2.24. The zero-order valence-corrected chi connectivity index (χ0v) is 11.6. The first-order valence-electron chi connectivity index (χ1n) is 7.18. The Morgan fingerprint density at radius 1 is 1.31 bits per heavy atom. The molecule has 0 aliphatic carbocycles. The van der Waals surface area contributed by atoms with Crippen molar-refractivity contribution >= 4 is 0 Å². The van der Waals surface area contributed by atoms with Crippen LogP contribution in [0.4, 0.5) is 0 Å². The number of piperidine rings is 1. The Kier molecular flexibility index (Phi) is 6.37. The van der Waals surface area contributed by atoms with Crippen LogP contribution >= 0.6 is 0 Å². The summed E-state index contributed by atoms with van der Waals surface area (Å²) < 4.78 is 0. The normalized spacial score (nSPS) is 28.3. The summed E-state index contributed by atoms with van der Waals surface area (Å²) in [7, 11) is 0. The van der Waals surface area contributed by atoms with Gasteiger partial charge in [0.05, 0.1) is 0 Å². The first-order chi connectivity index (χ1) is 7.69. The minimum absolute atomic E-state index is 0.723. The van der Waals surface area contributed by atoms with E-state index in [-0.39, 0.29) is 0 Å². The molecule has 0 aromatic heterocycles. The van der Waals surface area contributed by atoms with Gasteiger partial charge in [0.15, 0.2) is 0 Å². The Balaban J connectivity index is 2.47. The third-order valence-corrected chi connectivity index (χ3v) is 4.03. The van der Waals surface area contributed by atoms with Crippen LogP contribution in [0.2, 0.25) is 0 Å². The molecule has 1 aliphatic heterocycles. The Bertz CT molecular complexity index is 174. The fraction of sp³-hybridized carbons (Fsp3) is 1.00. The van der Waals surface area contributed by atoms with Gasteiger partial charge in [-0.1, -0.05) is 20.3 Å². The quantitative estimate of drug-likeness (QED) is 0.749. The third kappa shape index (κ3) is 4.06. The number of nitrogens with one attached hydrogen (secondary N) is 1. The molecule has 0 aromatic rings. The lowest BCUT2D eigenvalue weighted by Gasteiger charge is -2.40. The lowest BCUT2D eigenvalue weighted by Crippen LogP contribution is -2.52. The average Bonchev–Trinajstić information content (AvgIpc) is 2.31. The fourth-order valence-corrected chi connectivity index (χ4v) is 2.60. The maximum atomic E-state index is 3.63. The van der Waals surface area contributed by atoms with Crippen molar-refractivity contribution in [3.05, 3.63) is 0 Å². The number of rotatable bonds is 6. The fourth-order valence-electron chi connectivity index (χ4n) is 2.60. The van der Waals surface area contributed by atoms with Gasteiger partial charge in [0.25, 0.3) is 0 Å². The standard InChI is InChI=1S/C14H30N2/c1-5-7-10-16(13(4)6-2)14-9-8-12(3)15-11-14/h12-15H,5-11H2,1-4H3. The minimum Gasteiger partial charge on any atom is -0.313 e. The number of hydrogen-bond donors (Lipinski definition) is 1. The molecule has 3 atom stereocenters. The van der Waals surface area contributed by atoms with Crippen LogP contribution in [-0.4, -0.2) is 36.1 Å². The molecule has 0 spiro atoms. The second-order valence-electron chi connectivity index (χ2n) is 5.39. The second-order valence-corrected chi connectivity index (χ2v) is 5.39. The van der Waals surface area contributed by atoms with Gasteiger partial charge in [0.1, 0.15) is 0 Å². The summed E-state index contributed by atoms with van der Waals surface area (Å²) in [6.07, 6.45) is 6.64. The molecule has 1 N–H and O–H groups in total. The van der Waals surface area contributed by atoms with Gasteiger partial charge >= 0.3 is 0 Å². The van der Waals surface area contributed by atoms with Gasteiger partial charge in [-0.3, -0.25) is 4.90 Å². The van der Waals surface area contributed by atoms with Gasteiger partial charge < -0.3 is 5.32 Å². The predicted octanol–water partition coefficient (Wildman–Crippen LogP) is 3.03. The van der Waals surface area contributed by atoms with Crippen LogP contribution in [0.1, 0.15) is 59.8 Å². The van der Waals surface area contributed by atoms with Crippen LogP contribution < -0.4 is 5.32 Å². The molecule has 1 rings (SSSR count). The SMILES string of the molecule is CCCCN(C(C)CC)C1CCC(C)NC1. The van der Waals surface area contributed by atoms with Crippen LogP contribution in [0.5, 0.6) is 0 Å². The molecule has 2 heteroatoms. The third-order valence-electron chi connectivity index (χ3n) is 4.03. The van der Waals surface area contributed by atoms with E-state index in [4.69, 9.17) is 0 Å². The van der Waals surface area contributed by atoms with E-state index >= 15 is 0 Å². The van der Waals surface area contributed by atoms with E-state index in [1.165, 1.54) is 45.2 Å². The summed E-state index contributed by atoms with van der Waals surface area (Å²) in [5.41, 5.74) is 0. The van der Waals surface area contributed by atoms with E-state index in [2.05, 4.69) is 37.9 Å². The largest absolute Gasteiger partial charge is 0.313 e. The van der Waals surface area contributed by atoms with Gasteiger partial charge in [-0.2, -0.15) is 0 Å². The summed E-state index contributed by atoms with van der Waals surface area (Å²) in [5.74, 6) is 0. The highest BCUT2D eigenvalue weighted by atomic mass is 15.2. The lowest BCUT2D eigenvalue weighted by molar-refractivity contribution is 0.108. The summed E-state index contributed by atoms with van der Waals surface area (Å²) >= 11 is 0. The van der Waals surface area contributed by atoms with Gasteiger partial charge in [-0.25, -0.2) is 0 Å². The Morgan fingerprint density at radius 3 is 2.56 bits per heavy atom. The van der Waals surface area contributed by atoms with E-state index in [0.717, 1.165) is 18.1 Å². The van der Waals surface area contributed by atoms with Crippen LogP contribution in [-0.2, 0) is 0 Å². The van der Waals surface area contributed by atoms with Crippen molar-refractivity contribution in [3.63, 3.8) is 0 Å². The highest BCUT2D eigenvalue weighted by molar-refractivity contribution is 4.84. The molecule has 16 heavy (non-hydrogen) atoms. The predicted molar refractivity (Wildman–Crippen MR) is 71.9 cm³/mol. The number of nitrogens with zero attached hydrogens (tertiary/aromatic N) is 1. The first kappa shape index (κ1) is 14.0. The molecule has 1 saturated heterocycles.